The number of carbonyl (C=O) groups is 1. The summed E-state index contributed by atoms with van der Waals surface area (Å²) in [7, 11) is -3.56. The minimum atomic E-state index is -3.56. The lowest BCUT2D eigenvalue weighted by Crippen LogP contribution is -2.36. The van der Waals surface area contributed by atoms with Crippen molar-refractivity contribution in [1.29, 1.82) is 0 Å². The summed E-state index contributed by atoms with van der Waals surface area (Å²) in [6.45, 7) is 9.30. The lowest BCUT2D eigenvalue weighted by molar-refractivity contribution is -0.117. The maximum atomic E-state index is 12.7. The molecule has 32 heavy (non-hydrogen) atoms. The van der Waals surface area contributed by atoms with Crippen LogP contribution in [0.5, 0.6) is 0 Å². The van der Waals surface area contributed by atoms with E-state index in [0.717, 1.165) is 39.1 Å². The van der Waals surface area contributed by atoms with Gasteiger partial charge in [-0.05, 0) is 43.3 Å². The van der Waals surface area contributed by atoms with E-state index in [1.165, 1.54) is 15.9 Å². The van der Waals surface area contributed by atoms with Crippen molar-refractivity contribution in [2.45, 2.75) is 31.7 Å². The standard InChI is InChI=1S/C24H34N4O3S/c1-3-28(4-2)32(30,31)23-13-8-12-22(18-23)25-24(29)20-27-15-9-14-26(16-17-27)19-21-10-6-5-7-11-21/h5-8,10-13,18H,3-4,9,14-17,19-20H2,1-2H3,(H,25,29). The number of amides is 1. The fourth-order valence-electron chi connectivity index (χ4n) is 4.03. The van der Waals surface area contributed by atoms with Crippen LogP contribution in [0.3, 0.4) is 0 Å². The first-order valence-electron chi connectivity index (χ1n) is 11.3. The van der Waals surface area contributed by atoms with Gasteiger partial charge in [0.05, 0.1) is 11.4 Å². The summed E-state index contributed by atoms with van der Waals surface area (Å²) in [6, 6.07) is 16.9. The summed E-state index contributed by atoms with van der Waals surface area (Å²) < 4.78 is 26.9. The Morgan fingerprint density at radius 3 is 2.34 bits per heavy atom. The van der Waals surface area contributed by atoms with Gasteiger partial charge in [0.15, 0.2) is 0 Å². The molecule has 0 bridgehead atoms. The Kier molecular flexibility index (Phi) is 8.81. The number of hydrogen-bond acceptors (Lipinski definition) is 5. The molecule has 1 aliphatic heterocycles. The summed E-state index contributed by atoms with van der Waals surface area (Å²) in [4.78, 5) is 17.4. The maximum absolute atomic E-state index is 12.7. The van der Waals surface area contributed by atoms with Crippen LogP contribution in [-0.4, -0.2) is 74.2 Å². The molecule has 7 nitrogen and oxygen atoms in total. The molecule has 0 aromatic heterocycles. The Balaban J connectivity index is 1.54. The highest BCUT2D eigenvalue weighted by atomic mass is 32.2. The van der Waals surface area contributed by atoms with Gasteiger partial charge in [-0.2, -0.15) is 4.31 Å². The summed E-state index contributed by atoms with van der Waals surface area (Å²) in [6.07, 6.45) is 1.01. The number of hydrogen-bond donors (Lipinski definition) is 1. The van der Waals surface area contributed by atoms with Crippen molar-refractivity contribution in [2.75, 3.05) is 51.1 Å². The molecule has 0 radical (unpaired) electrons. The van der Waals surface area contributed by atoms with Crippen molar-refractivity contribution in [3.05, 3.63) is 60.2 Å². The zero-order valence-corrected chi connectivity index (χ0v) is 19.9. The molecule has 0 aliphatic carbocycles. The van der Waals surface area contributed by atoms with Crippen molar-refractivity contribution in [1.82, 2.24) is 14.1 Å². The van der Waals surface area contributed by atoms with E-state index in [9.17, 15) is 13.2 Å². The molecule has 2 aromatic rings. The van der Waals surface area contributed by atoms with E-state index in [-0.39, 0.29) is 10.8 Å². The van der Waals surface area contributed by atoms with Crippen LogP contribution in [0.1, 0.15) is 25.8 Å². The smallest absolute Gasteiger partial charge is 0.243 e. The molecule has 8 heteroatoms. The first-order chi connectivity index (χ1) is 15.4. The Morgan fingerprint density at radius 1 is 0.938 bits per heavy atom. The van der Waals surface area contributed by atoms with E-state index in [1.54, 1.807) is 18.2 Å². The minimum absolute atomic E-state index is 0.126. The van der Waals surface area contributed by atoms with Gasteiger partial charge in [-0.3, -0.25) is 14.6 Å². The molecule has 1 amide bonds. The number of sulfonamides is 1. The van der Waals surface area contributed by atoms with Crippen LogP contribution in [0.15, 0.2) is 59.5 Å². The van der Waals surface area contributed by atoms with Gasteiger partial charge in [-0.1, -0.05) is 50.2 Å². The third-order valence-electron chi connectivity index (χ3n) is 5.76. The van der Waals surface area contributed by atoms with Crippen LogP contribution in [-0.2, 0) is 21.4 Å². The predicted octanol–water partition coefficient (Wildman–Crippen LogP) is 2.86. The fourth-order valence-corrected chi connectivity index (χ4v) is 5.54. The summed E-state index contributed by atoms with van der Waals surface area (Å²) in [5, 5.41) is 2.87. The van der Waals surface area contributed by atoms with Crippen LogP contribution >= 0.6 is 0 Å². The second-order valence-electron chi connectivity index (χ2n) is 8.06. The van der Waals surface area contributed by atoms with Crippen LogP contribution in [0, 0.1) is 0 Å². The Labute approximate surface area is 192 Å². The second kappa shape index (κ2) is 11.6. The molecular weight excluding hydrogens is 424 g/mol. The third kappa shape index (κ3) is 6.62. The normalized spacial score (nSPS) is 16.1. The lowest BCUT2D eigenvalue weighted by Gasteiger charge is -2.22. The van der Waals surface area contributed by atoms with Gasteiger partial charge in [-0.25, -0.2) is 8.42 Å². The van der Waals surface area contributed by atoms with Crippen LogP contribution in [0.25, 0.3) is 0 Å². The van der Waals surface area contributed by atoms with Gasteiger partial charge in [0, 0.05) is 38.4 Å². The third-order valence-corrected chi connectivity index (χ3v) is 7.80. The zero-order chi connectivity index (χ0) is 23.0. The van der Waals surface area contributed by atoms with Crippen LogP contribution < -0.4 is 5.32 Å². The van der Waals surface area contributed by atoms with Gasteiger partial charge in [0.2, 0.25) is 15.9 Å². The van der Waals surface area contributed by atoms with Crippen molar-refractivity contribution >= 4 is 21.6 Å². The van der Waals surface area contributed by atoms with E-state index in [4.69, 9.17) is 0 Å². The molecule has 0 saturated carbocycles. The van der Waals surface area contributed by atoms with Crippen molar-refractivity contribution in [3.8, 4) is 0 Å². The second-order valence-corrected chi connectivity index (χ2v) is 9.99. The number of anilines is 1. The van der Waals surface area contributed by atoms with E-state index in [0.29, 0.717) is 25.3 Å². The predicted molar refractivity (Wildman–Crippen MR) is 128 cm³/mol. The van der Waals surface area contributed by atoms with Crippen LogP contribution in [0.2, 0.25) is 0 Å². The van der Waals surface area contributed by atoms with Crippen molar-refractivity contribution < 1.29 is 13.2 Å². The van der Waals surface area contributed by atoms with Crippen LogP contribution in [0.4, 0.5) is 5.69 Å². The highest BCUT2D eigenvalue weighted by Crippen LogP contribution is 2.19. The molecule has 3 rings (SSSR count). The molecule has 174 valence electrons. The van der Waals surface area contributed by atoms with Gasteiger partial charge >= 0.3 is 0 Å². The number of carbonyl (C=O) groups excluding carboxylic acids is 1. The SMILES string of the molecule is CCN(CC)S(=O)(=O)c1cccc(NC(=O)CN2CCCN(Cc3ccccc3)CC2)c1. The molecule has 1 heterocycles. The first-order valence-corrected chi connectivity index (χ1v) is 12.7. The summed E-state index contributed by atoms with van der Waals surface area (Å²) >= 11 is 0. The number of rotatable bonds is 9. The first kappa shape index (κ1) is 24.4. The van der Waals surface area contributed by atoms with Crippen molar-refractivity contribution in [3.63, 3.8) is 0 Å². The largest absolute Gasteiger partial charge is 0.325 e. The molecular formula is C24H34N4O3S. The molecule has 0 unspecified atom stereocenters. The lowest BCUT2D eigenvalue weighted by atomic mass is 10.2. The molecule has 0 atom stereocenters. The molecule has 1 aliphatic rings. The Morgan fingerprint density at radius 2 is 1.62 bits per heavy atom. The molecule has 1 fully saturated rings. The quantitative estimate of drug-likeness (QED) is 0.626. The highest BCUT2D eigenvalue weighted by molar-refractivity contribution is 7.89. The Bertz CT molecular complexity index is 978. The average Bonchev–Trinajstić information content (AvgIpc) is 3.00. The van der Waals surface area contributed by atoms with E-state index >= 15 is 0 Å². The maximum Gasteiger partial charge on any atom is 0.243 e. The summed E-state index contributed by atoms with van der Waals surface area (Å²) in [5.41, 5.74) is 1.81. The molecule has 1 saturated heterocycles. The van der Waals surface area contributed by atoms with Gasteiger partial charge in [-0.15, -0.1) is 0 Å². The molecule has 0 spiro atoms. The molecule has 2 aromatic carbocycles. The average molecular weight is 459 g/mol. The highest BCUT2D eigenvalue weighted by Gasteiger charge is 2.22. The van der Waals surface area contributed by atoms with Gasteiger partial charge < -0.3 is 5.32 Å². The number of benzene rings is 2. The topological polar surface area (TPSA) is 73.0 Å². The Hall–Kier alpha value is -2.26. The molecule has 1 N–H and O–H groups in total. The monoisotopic (exact) mass is 458 g/mol. The van der Waals surface area contributed by atoms with Gasteiger partial charge in [0.25, 0.3) is 0 Å². The zero-order valence-electron chi connectivity index (χ0n) is 19.0. The number of nitrogens with zero attached hydrogens (tertiary/aromatic N) is 3. The number of nitrogens with one attached hydrogen (secondary N) is 1. The van der Waals surface area contributed by atoms with Crippen molar-refractivity contribution in [2.24, 2.45) is 0 Å². The fraction of sp³-hybridized carbons (Fsp3) is 0.458. The van der Waals surface area contributed by atoms with E-state index in [1.807, 2.05) is 19.9 Å². The van der Waals surface area contributed by atoms with E-state index < -0.39 is 10.0 Å². The minimum Gasteiger partial charge on any atom is -0.325 e. The summed E-state index contributed by atoms with van der Waals surface area (Å²) in [5.74, 6) is -0.126. The van der Waals surface area contributed by atoms with Gasteiger partial charge in [0.1, 0.15) is 0 Å². The van der Waals surface area contributed by atoms with E-state index in [2.05, 4.69) is 39.4 Å².